The molecule has 0 saturated heterocycles. The van der Waals surface area contributed by atoms with Crippen molar-refractivity contribution in [3.63, 3.8) is 0 Å². The van der Waals surface area contributed by atoms with Crippen LogP contribution in [0, 0.1) is 0 Å². The van der Waals surface area contributed by atoms with Crippen molar-refractivity contribution in [1.29, 1.82) is 0 Å². The standard InChI is InChI=1S/C13H13BrCl2N4O/c1-3-17-12-10(14)9(6-21-2)19-13(20-12)11-8(16)4-7(15)5-18-11/h4-5H,3,6H2,1-2H3,(H,17,19,20). The molecule has 0 radical (unpaired) electrons. The topological polar surface area (TPSA) is 59.9 Å². The fourth-order valence-corrected chi connectivity index (χ4v) is 2.59. The van der Waals surface area contributed by atoms with Crippen molar-refractivity contribution in [2.75, 3.05) is 19.0 Å². The number of nitrogens with one attached hydrogen (secondary N) is 1. The average molecular weight is 392 g/mol. The van der Waals surface area contributed by atoms with Crippen LogP contribution in [0.25, 0.3) is 11.5 Å². The number of hydrogen-bond donors (Lipinski definition) is 1. The van der Waals surface area contributed by atoms with Crippen molar-refractivity contribution >= 4 is 44.9 Å². The minimum absolute atomic E-state index is 0.347. The number of aromatic nitrogens is 3. The highest BCUT2D eigenvalue weighted by Gasteiger charge is 2.16. The van der Waals surface area contributed by atoms with E-state index < -0.39 is 0 Å². The first-order valence-electron chi connectivity index (χ1n) is 6.17. The molecule has 2 aromatic rings. The molecule has 112 valence electrons. The molecule has 5 nitrogen and oxygen atoms in total. The zero-order chi connectivity index (χ0) is 15.4. The van der Waals surface area contributed by atoms with Gasteiger partial charge in [-0.3, -0.25) is 0 Å². The van der Waals surface area contributed by atoms with Gasteiger partial charge in [0.15, 0.2) is 5.82 Å². The van der Waals surface area contributed by atoms with E-state index in [4.69, 9.17) is 27.9 Å². The predicted octanol–water partition coefficient (Wildman–Crippen LogP) is 4.19. The SMILES string of the molecule is CCNc1nc(-c2ncc(Cl)cc2Cl)nc(COC)c1Br. The molecule has 21 heavy (non-hydrogen) atoms. The van der Waals surface area contributed by atoms with Gasteiger partial charge in [0.2, 0.25) is 0 Å². The third-order valence-corrected chi connectivity index (χ3v) is 3.89. The highest BCUT2D eigenvalue weighted by atomic mass is 79.9. The second-order valence-electron chi connectivity index (χ2n) is 4.10. The summed E-state index contributed by atoms with van der Waals surface area (Å²) in [5.41, 5.74) is 1.19. The average Bonchev–Trinajstić information content (AvgIpc) is 2.43. The highest BCUT2D eigenvalue weighted by Crippen LogP contribution is 2.30. The van der Waals surface area contributed by atoms with Crippen LogP contribution >= 0.6 is 39.1 Å². The van der Waals surface area contributed by atoms with Gasteiger partial charge in [-0.05, 0) is 28.9 Å². The smallest absolute Gasteiger partial charge is 0.182 e. The summed E-state index contributed by atoms with van der Waals surface area (Å²) in [5.74, 6) is 1.09. The zero-order valence-electron chi connectivity index (χ0n) is 11.5. The molecule has 0 fully saturated rings. The lowest BCUT2D eigenvalue weighted by Crippen LogP contribution is -2.07. The van der Waals surface area contributed by atoms with E-state index in [9.17, 15) is 0 Å². The molecule has 0 amide bonds. The molecule has 0 aliphatic rings. The Morgan fingerprint density at radius 3 is 2.71 bits per heavy atom. The first-order chi connectivity index (χ1) is 10.1. The van der Waals surface area contributed by atoms with Crippen molar-refractivity contribution in [3.8, 4) is 11.5 Å². The summed E-state index contributed by atoms with van der Waals surface area (Å²) >= 11 is 15.5. The van der Waals surface area contributed by atoms with Crippen molar-refractivity contribution in [2.24, 2.45) is 0 Å². The van der Waals surface area contributed by atoms with E-state index in [0.29, 0.717) is 39.7 Å². The number of anilines is 1. The van der Waals surface area contributed by atoms with Crippen molar-refractivity contribution in [1.82, 2.24) is 15.0 Å². The molecule has 8 heteroatoms. The van der Waals surface area contributed by atoms with Gasteiger partial charge in [0.1, 0.15) is 11.5 Å². The third kappa shape index (κ3) is 3.83. The molecule has 1 N–H and O–H groups in total. The van der Waals surface area contributed by atoms with Crippen LogP contribution in [0.15, 0.2) is 16.7 Å². The number of rotatable bonds is 5. The second-order valence-corrected chi connectivity index (χ2v) is 5.74. The molecular weight excluding hydrogens is 379 g/mol. The molecule has 2 heterocycles. The molecule has 0 spiro atoms. The Kier molecular flexibility index (Phi) is 5.75. The lowest BCUT2D eigenvalue weighted by atomic mass is 10.3. The van der Waals surface area contributed by atoms with E-state index >= 15 is 0 Å². The monoisotopic (exact) mass is 390 g/mol. The Labute approximate surface area is 141 Å². The van der Waals surface area contributed by atoms with Gasteiger partial charge < -0.3 is 10.1 Å². The Bertz CT molecular complexity index is 627. The number of methoxy groups -OCH3 is 1. The molecule has 0 saturated carbocycles. The fraction of sp³-hybridized carbons (Fsp3) is 0.308. The number of hydrogen-bond acceptors (Lipinski definition) is 5. The van der Waals surface area contributed by atoms with Crippen LogP contribution in [0.1, 0.15) is 12.6 Å². The van der Waals surface area contributed by atoms with Gasteiger partial charge in [-0.2, -0.15) is 0 Å². The van der Waals surface area contributed by atoms with Gasteiger partial charge in [-0.25, -0.2) is 15.0 Å². The molecule has 2 aromatic heterocycles. The molecule has 2 rings (SSSR count). The molecule has 0 unspecified atom stereocenters. The second kappa shape index (κ2) is 7.35. The third-order valence-electron chi connectivity index (χ3n) is 2.56. The van der Waals surface area contributed by atoms with Gasteiger partial charge in [-0.1, -0.05) is 23.2 Å². The highest BCUT2D eigenvalue weighted by molar-refractivity contribution is 9.10. The van der Waals surface area contributed by atoms with E-state index in [1.807, 2.05) is 6.92 Å². The quantitative estimate of drug-likeness (QED) is 0.827. The van der Waals surface area contributed by atoms with Gasteiger partial charge in [-0.15, -0.1) is 0 Å². The predicted molar refractivity (Wildman–Crippen MR) is 87.9 cm³/mol. The van der Waals surface area contributed by atoms with E-state index in [-0.39, 0.29) is 0 Å². The number of nitrogens with zero attached hydrogens (tertiary/aromatic N) is 3. The first kappa shape index (κ1) is 16.4. The first-order valence-corrected chi connectivity index (χ1v) is 7.72. The Morgan fingerprint density at radius 1 is 1.33 bits per heavy atom. The lowest BCUT2D eigenvalue weighted by Gasteiger charge is -2.12. The molecule has 0 aliphatic carbocycles. The zero-order valence-corrected chi connectivity index (χ0v) is 14.6. The van der Waals surface area contributed by atoms with Crippen LogP contribution in [-0.2, 0) is 11.3 Å². The van der Waals surface area contributed by atoms with Gasteiger partial charge in [0.25, 0.3) is 0 Å². The fourth-order valence-electron chi connectivity index (χ4n) is 1.70. The summed E-state index contributed by atoms with van der Waals surface area (Å²) in [4.78, 5) is 13.1. The summed E-state index contributed by atoms with van der Waals surface area (Å²) in [7, 11) is 1.61. The van der Waals surface area contributed by atoms with Gasteiger partial charge in [0, 0.05) is 19.9 Å². The maximum atomic E-state index is 6.17. The molecule has 0 aromatic carbocycles. The van der Waals surface area contributed by atoms with Crippen molar-refractivity contribution in [3.05, 3.63) is 32.5 Å². The number of pyridine rings is 1. The van der Waals surface area contributed by atoms with Crippen molar-refractivity contribution < 1.29 is 4.74 Å². The molecule has 0 aliphatic heterocycles. The summed E-state index contributed by atoms with van der Waals surface area (Å²) in [6.45, 7) is 3.06. The normalized spacial score (nSPS) is 10.7. The maximum Gasteiger partial charge on any atom is 0.182 e. The van der Waals surface area contributed by atoms with Crippen LogP contribution in [0.4, 0.5) is 5.82 Å². The molecule has 0 bridgehead atoms. The summed E-state index contributed by atoms with van der Waals surface area (Å²) in [6.07, 6.45) is 1.51. The van der Waals surface area contributed by atoms with E-state index in [0.717, 1.165) is 11.0 Å². The minimum Gasteiger partial charge on any atom is -0.378 e. The number of ether oxygens (including phenoxy) is 1. The van der Waals surface area contributed by atoms with E-state index in [1.54, 1.807) is 13.2 Å². The van der Waals surface area contributed by atoms with Crippen molar-refractivity contribution in [2.45, 2.75) is 13.5 Å². The van der Waals surface area contributed by atoms with Crippen LogP contribution in [0.3, 0.4) is 0 Å². The van der Waals surface area contributed by atoms with Gasteiger partial charge in [0.05, 0.1) is 26.8 Å². The summed E-state index contributed by atoms with van der Waals surface area (Å²) in [6, 6.07) is 1.61. The van der Waals surface area contributed by atoms with E-state index in [1.165, 1.54) is 6.20 Å². The minimum atomic E-state index is 0.347. The summed E-state index contributed by atoms with van der Waals surface area (Å²) < 4.78 is 5.92. The maximum absolute atomic E-state index is 6.17. The number of halogens is 3. The lowest BCUT2D eigenvalue weighted by molar-refractivity contribution is 0.181. The van der Waals surface area contributed by atoms with Crippen LogP contribution in [0.2, 0.25) is 10.0 Å². The van der Waals surface area contributed by atoms with Crippen LogP contribution in [-0.4, -0.2) is 28.6 Å². The van der Waals surface area contributed by atoms with Gasteiger partial charge >= 0.3 is 0 Å². The summed E-state index contributed by atoms with van der Waals surface area (Å²) in [5, 5.41) is 4.03. The van der Waals surface area contributed by atoms with E-state index in [2.05, 4.69) is 36.2 Å². The van der Waals surface area contributed by atoms with Crippen LogP contribution in [0.5, 0.6) is 0 Å². The Hall–Kier alpha value is -0.950. The molecular formula is C13H13BrCl2N4O. The molecule has 0 atom stereocenters. The Morgan fingerprint density at radius 2 is 2.10 bits per heavy atom. The Balaban J connectivity index is 2.56. The van der Waals surface area contributed by atoms with Crippen LogP contribution < -0.4 is 5.32 Å². The largest absolute Gasteiger partial charge is 0.378 e.